The van der Waals surface area contributed by atoms with E-state index in [-0.39, 0.29) is 0 Å². The molecule has 0 aliphatic heterocycles. The molecule has 0 spiro atoms. The van der Waals surface area contributed by atoms with Gasteiger partial charge in [-0.25, -0.2) is 0 Å². The van der Waals surface area contributed by atoms with Crippen LogP contribution in [0.25, 0.3) is 0 Å². The Morgan fingerprint density at radius 3 is 2.92 bits per heavy atom. The molecule has 0 heterocycles. The molecule has 0 saturated heterocycles. The normalized spacial score (nSPS) is 9.62. The van der Waals surface area contributed by atoms with E-state index in [2.05, 4.69) is 13.0 Å². The van der Waals surface area contributed by atoms with Crippen molar-refractivity contribution < 1.29 is 4.74 Å². The van der Waals surface area contributed by atoms with E-state index in [0.717, 1.165) is 11.1 Å². The van der Waals surface area contributed by atoms with Gasteiger partial charge in [0.15, 0.2) is 0 Å². The molecule has 2 nitrogen and oxygen atoms in total. The molecule has 0 N–H and O–H groups in total. The lowest BCUT2D eigenvalue weighted by molar-refractivity contribution is 0.225. The Hall–Kier alpha value is -1.33. The molecule has 1 aromatic rings. The van der Waals surface area contributed by atoms with E-state index in [0.29, 0.717) is 12.2 Å². The molecule has 2 radical (unpaired) electrons. The smallest absolute Gasteiger partial charge is 0.0994 e. The molecule has 1 aromatic carbocycles. The Morgan fingerprint density at radius 1 is 1.62 bits per heavy atom. The van der Waals surface area contributed by atoms with Crippen molar-refractivity contribution in [1.82, 2.24) is 0 Å². The molecule has 0 unspecified atom stereocenters. The topological polar surface area (TPSA) is 33.0 Å². The molecule has 0 fully saturated rings. The Bertz CT molecular complexity index is 325. The van der Waals surface area contributed by atoms with Gasteiger partial charge >= 0.3 is 0 Å². The van der Waals surface area contributed by atoms with Crippen LogP contribution >= 0.6 is 0 Å². The number of methoxy groups -OCH3 is 1. The Labute approximate surface area is 78.8 Å². The van der Waals surface area contributed by atoms with E-state index in [1.165, 1.54) is 0 Å². The van der Waals surface area contributed by atoms with E-state index in [4.69, 9.17) is 10.00 Å². The largest absolute Gasteiger partial charge is 0.384 e. The van der Waals surface area contributed by atoms with Crippen LogP contribution in [0.2, 0.25) is 0 Å². The maximum Gasteiger partial charge on any atom is 0.0994 e. The summed E-state index contributed by atoms with van der Waals surface area (Å²) in [5.74, 6) is 0. The molecule has 66 valence electrons. The third kappa shape index (κ3) is 2.57. The fourth-order valence-corrected chi connectivity index (χ4v) is 1.03. The summed E-state index contributed by atoms with van der Waals surface area (Å²) >= 11 is 0. The number of hydrogen-bond acceptors (Lipinski definition) is 2. The molecule has 0 amide bonds. The second-order valence-electron chi connectivity index (χ2n) is 2.69. The zero-order chi connectivity index (χ0) is 9.68. The summed E-state index contributed by atoms with van der Waals surface area (Å²) in [5, 5.41) is 8.66. The molecule has 0 aliphatic carbocycles. The zero-order valence-corrected chi connectivity index (χ0v) is 7.58. The first-order valence-corrected chi connectivity index (χ1v) is 3.96. The van der Waals surface area contributed by atoms with Gasteiger partial charge in [0.25, 0.3) is 0 Å². The third-order valence-electron chi connectivity index (χ3n) is 1.74. The lowest BCUT2D eigenvalue weighted by Crippen LogP contribution is -1.92. The van der Waals surface area contributed by atoms with Gasteiger partial charge in [0.05, 0.1) is 18.2 Å². The molecule has 0 aromatic heterocycles. The van der Waals surface area contributed by atoms with Crippen molar-refractivity contribution in [3.63, 3.8) is 0 Å². The van der Waals surface area contributed by atoms with Crippen LogP contribution in [0.3, 0.4) is 0 Å². The molecular formula is C11H11NO. The quantitative estimate of drug-likeness (QED) is 0.699. The molecular weight excluding hydrogens is 162 g/mol. The van der Waals surface area contributed by atoms with Gasteiger partial charge in [-0.2, -0.15) is 5.26 Å². The fraction of sp³-hybridized carbons (Fsp3) is 0.182. The monoisotopic (exact) mass is 173 g/mol. The molecule has 0 atom stereocenters. The van der Waals surface area contributed by atoms with Crippen molar-refractivity contribution >= 4 is 0 Å². The molecule has 2 heteroatoms. The molecule has 0 bridgehead atoms. The minimum atomic E-state index is 0.575. The third-order valence-corrected chi connectivity index (χ3v) is 1.74. The summed E-state index contributed by atoms with van der Waals surface area (Å²) < 4.78 is 4.90. The Kier molecular flexibility index (Phi) is 3.48. The summed E-state index contributed by atoms with van der Waals surface area (Å²) in [4.78, 5) is 0. The fourth-order valence-electron chi connectivity index (χ4n) is 1.03. The lowest BCUT2D eigenvalue weighted by atomic mass is 10.0. The van der Waals surface area contributed by atoms with Crippen molar-refractivity contribution in [1.29, 1.82) is 5.26 Å². The zero-order valence-electron chi connectivity index (χ0n) is 7.58. The first-order chi connectivity index (χ1) is 6.27. The maximum atomic E-state index is 8.66. The summed E-state index contributed by atoms with van der Waals surface area (Å²) in [5.41, 5.74) is 2.41. The minimum absolute atomic E-state index is 0.575. The number of rotatable bonds is 3. The first-order valence-electron chi connectivity index (χ1n) is 3.96. The van der Waals surface area contributed by atoms with Crippen LogP contribution in [0.4, 0.5) is 0 Å². The highest BCUT2D eigenvalue weighted by molar-refractivity contribution is 5.43. The van der Waals surface area contributed by atoms with E-state index >= 15 is 0 Å². The van der Waals surface area contributed by atoms with E-state index in [9.17, 15) is 0 Å². The predicted molar refractivity (Wildman–Crippen MR) is 50.9 cm³/mol. The van der Waals surface area contributed by atoms with Gasteiger partial charge in [-0.15, -0.1) is 0 Å². The summed E-state index contributed by atoms with van der Waals surface area (Å²) in [6.07, 6.45) is 1.94. The first kappa shape index (κ1) is 9.76. The number of nitrogens with zero attached hydrogens (tertiary/aromatic N) is 1. The van der Waals surface area contributed by atoms with Crippen LogP contribution in [-0.2, 0) is 4.74 Å². The van der Waals surface area contributed by atoms with Crippen LogP contribution in [0.5, 0.6) is 0 Å². The number of nitriles is 1. The highest BCUT2D eigenvalue weighted by atomic mass is 16.5. The van der Waals surface area contributed by atoms with Crippen molar-refractivity contribution in [3.8, 4) is 6.07 Å². The van der Waals surface area contributed by atoms with Gasteiger partial charge in [-0.1, -0.05) is 12.1 Å². The van der Waals surface area contributed by atoms with Crippen LogP contribution in [0.15, 0.2) is 18.2 Å². The van der Waals surface area contributed by atoms with Crippen molar-refractivity contribution in [2.24, 2.45) is 0 Å². The van der Waals surface area contributed by atoms with Crippen LogP contribution in [-0.4, -0.2) is 13.7 Å². The standard InChI is InChI=1S/C11H11NO/c1-9-7-10(5-6-13-2)3-4-11(9)8-12/h3-5,7H,1,6H2,2H3. The van der Waals surface area contributed by atoms with E-state index in [1.54, 1.807) is 13.2 Å². The van der Waals surface area contributed by atoms with E-state index < -0.39 is 0 Å². The van der Waals surface area contributed by atoms with Crippen molar-refractivity contribution in [2.45, 2.75) is 0 Å². The van der Waals surface area contributed by atoms with Crippen LogP contribution < -0.4 is 0 Å². The highest BCUT2D eigenvalue weighted by Crippen LogP contribution is 2.11. The SMILES string of the molecule is [CH2]c1cc([CH]COC)ccc1C#N. The second-order valence-corrected chi connectivity index (χ2v) is 2.69. The molecule has 1 rings (SSSR count). The van der Waals surface area contributed by atoms with Gasteiger partial charge in [0.1, 0.15) is 0 Å². The molecule has 0 aliphatic rings. The minimum Gasteiger partial charge on any atom is -0.384 e. The van der Waals surface area contributed by atoms with Gasteiger partial charge in [-0.05, 0) is 24.1 Å². The van der Waals surface area contributed by atoms with Gasteiger partial charge < -0.3 is 4.74 Å². The summed E-state index contributed by atoms with van der Waals surface area (Å²) in [6, 6.07) is 7.59. The van der Waals surface area contributed by atoms with E-state index in [1.807, 2.05) is 18.6 Å². The number of ether oxygens (including phenoxy) is 1. The Morgan fingerprint density at radius 2 is 2.38 bits per heavy atom. The highest BCUT2D eigenvalue weighted by Gasteiger charge is 1.98. The van der Waals surface area contributed by atoms with Crippen LogP contribution in [0.1, 0.15) is 16.7 Å². The molecule has 13 heavy (non-hydrogen) atoms. The summed E-state index contributed by atoms with van der Waals surface area (Å²) in [6.45, 7) is 4.35. The maximum absolute atomic E-state index is 8.66. The van der Waals surface area contributed by atoms with Crippen molar-refractivity contribution in [3.05, 3.63) is 48.2 Å². The van der Waals surface area contributed by atoms with Crippen LogP contribution in [0, 0.1) is 24.7 Å². The number of hydrogen-bond donors (Lipinski definition) is 0. The number of benzene rings is 1. The van der Waals surface area contributed by atoms with Gasteiger partial charge in [-0.3, -0.25) is 0 Å². The van der Waals surface area contributed by atoms with Gasteiger partial charge in [0, 0.05) is 13.5 Å². The second kappa shape index (κ2) is 4.64. The average Bonchev–Trinajstić information content (AvgIpc) is 2.15. The Balaban J connectivity index is 2.79. The predicted octanol–water partition coefficient (Wildman–Crippen LogP) is 1.94. The summed E-state index contributed by atoms with van der Waals surface area (Å²) in [7, 11) is 1.64. The average molecular weight is 173 g/mol. The van der Waals surface area contributed by atoms with Crippen molar-refractivity contribution in [2.75, 3.05) is 13.7 Å². The molecule has 0 saturated carbocycles. The lowest BCUT2D eigenvalue weighted by Gasteiger charge is -2.02. The van der Waals surface area contributed by atoms with Gasteiger partial charge in [0.2, 0.25) is 0 Å².